The monoisotopic (exact) mass is 529 g/mol. The van der Waals surface area contributed by atoms with Crippen molar-refractivity contribution in [3.05, 3.63) is 46.2 Å². The number of Topliss-reactive ketones (excluding diaryl/α,β-unsaturated/α-hetero) is 2. The minimum Gasteiger partial charge on any atom is -0.508 e. The predicted octanol–water partition coefficient (Wildman–Crippen LogP) is -0.392. The summed E-state index contributed by atoms with van der Waals surface area (Å²) in [6, 6.07) is 3.08. The second-order valence-electron chi connectivity index (χ2n) is 10.5. The molecule has 3 aliphatic rings. The van der Waals surface area contributed by atoms with Gasteiger partial charge in [-0.15, -0.1) is 0 Å². The number of aromatic hydroxyl groups is 1. The maximum absolute atomic E-state index is 14.1. The van der Waals surface area contributed by atoms with Crippen molar-refractivity contribution < 1.29 is 44.3 Å². The molecule has 6 N–H and O–H groups in total. The largest absolute Gasteiger partial charge is 0.508 e. The lowest BCUT2D eigenvalue weighted by Gasteiger charge is -2.54. The van der Waals surface area contributed by atoms with Crippen molar-refractivity contribution in [3.8, 4) is 5.75 Å². The van der Waals surface area contributed by atoms with Crippen LogP contribution in [-0.4, -0.2) is 106 Å². The first-order valence-electron chi connectivity index (χ1n) is 12.0. The fourth-order valence-electron chi connectivity index (χ4n) is 6.14. The number of carbonyl (C=O) groups is 4. The number of aliphatic hydroxyl groups is 3. The minimum atomic E-state index is -2.96. The highest BCUT2D eigenvalue weighted by atomic mass is 16.5. The molecule has 0 saturated heterocycles. The highest BCUT2D eigenvalue weighted by Crippen LogP contribution is 2.56. The number of aliphatic hydroxyl groups excluding tert-OH is 2. The fourth-order valence-corrected chi connectivity index (χ4v) is 6.14. The minimum absolute atomic E-state index is 0.0466. The maximum Gasteiger partial charge on any atom is 0.320 e. The molecule has 0 aliphatic heterocycles. The number of hydrogen-bond donors (Lipinski definition) is 5. The van der Waals surface area contributed by atoms with Crippen molar-refractivity contribution in [3.63, 3.8) is 0 Å². The lowest BCUT2D eigenvalue weighted by atomic mass is 9.54. The number of phenolic OH excluding ortho intramolecular Hbond substituents is 1. The summed E-state index contributed by atoms with van der Waals surface area (Å²) in [5.41, 5.74) is 1.44. The summed E-state index contributed by atoms with van der Waals surface area (Å²) in [7, 11) is 6.19. The van der Waals surface area contributed by atoms with E-state index in [1.807, 2.05) is 0 Å². The number of ether oxygens (including phenoxy) is 1. The van der Waals surface area contributed by atoms with Gasteiger partial charge in [-0.25, -0.2) is 0 Å². The smallest absolute Gasteiger partial charge is 0.320 e. The number of nitrogens with two attached hydrogens (primary N) is 1. The molecule has 3 aliphatic carbocycles. The number of esters is 1. The third kappa shape index (κ3) is 3.70. The Morgan fingerprint density at radius 2 is 1.74 bits per heavy atom. The molecule has 12 heteroatoms. The summed E-state index contributed by atoms with van der Waals surface area (Å²) in [5, 5.41) is 44.8. The van der Waals surface area contributed by atoms with E-state index in [1.165, 1.54) is 30.0 Å². The maximum atomic E-state index is 14.1. The summed E-state index contributed by atoms with van der Waals surface area (Å²) in [6.07, 6.45) is -1.43. The van der Waals surface area contributed by atoms with Gasteiger partial charge in [-0.2, -0.15) is 0 Å². The molecular formula is C26H31N3O9. The second-order valence-corrected chi connectivity index (χ2v) is 10.5. The lowest BCUT2D eigenvalue weighted by Crippen LogP contribution is -2.71. The van der Waals surface area contributed by atoms with Crippen LogP contribution < -0.4 is 5.73 Å². The molecule has 0 heterocycles. The summed E-state index contributed by atoms with van der Waals surface area (Å²) < 4.78 is 5.86. The van der Waals surface area contributed by atoms with E-state index < -0.39 is 81.6 Å². The van der Waals surface area contributed by atoms with Gasteiger partial charge in [-0.1, -0.05) is 19.1 Å². The van der Waals surface area contributed by atoms with Crippen LogP contribution in [-0.2, 0) is 23.9 Å². The number of hydrogen-bond acceptors (Lipinski definition) is 11. The SMILES string of the molecule is CC1c2cccc(O)c2C(O)=C2C(=O)C3(O)C(O)=C(C(N)=O)C(=O)C(N(C)C)C3C(OC(=O)CN(C)C)C21. The Bertz CT molecular complexity index is 1310. The fraction of sp³-hybridized carbons (Fsp3) is 0.462. The molecule has 1 amide bonds. The van der Waals surface area contributed by atoms with Gasteiger partial charge < -0.3 is 30.9 Å². The molecule has 1 saturated carbocycles. The summed E-state index contributed by atoms with van der Waals surface area (Å²) in [4.78, 5) is 55.6. The predicted molar refractivity (Wildman–Crippen MR) is 133 cm³/mol. The molecule has 0 spiro atoms. The van der Waals surface area contributed by atoms with Crippen LogP contribution in [0.25, 0.3) is 5.76 Å². The van der Waals surface area contributed by atoms with Crippen molar-refractivity contribution in [1.82, 2.24) is 9.80 Å². The van der Waals surface area contributed by atoms with E-state index in [9.17, 15) is 39.6 Å². The highest BCUT2D eigenvalue weighted by molar-refractivity contribution is 6.24. The number of carbonyl (C=O) groups excluding carboxylic acids is 4. The molecule has 0 bridgehead atoms. The van der Waals surface area contributed by atoms with Crippen LogP contribution in [0.15, 0.2) is 35.1 Å². The van der Waals surface area contributed by atoms with E-state index >= 15 is 0 Å². The zero-order valence-corrected chi connectivity index (χ0v) is 21.6. The van der Waals surface area contributed by atoms with Crippen molar-refractivity contribution >= 4 is 29.2 Å². The van der Waals surface area contributed by atoms with E-state index in [0.29, 0.717) is 5.56 Å². The summed E-state index contributed by atoms with van der Waals surface area (Å²) in [5.74, 6) is -9.83. The Morgan fingerprint density at radius 3 is 2.29 bits per heavy atom. The van der Waals surface area contributed by atoms with Gasteiger partial charge in [-0.05, 0) is 45.7 Å². The number of likely N-dealkylation sites (N-methyl/N-ethyl adjacent to an activating group) is 2. The number of phenols is 1. The van der Waals surface area contributed by atoms with Crippen LogP contribution in [0.5, 0.6) is 5.75 Å². The number of fused-ring (bicyclic) bond motifs is 3. The van der Waals surface area contributed by atoms with Crippen LogP contribution in [0, 0.1) is 11.8 Å². The summed E-state index contributed by atoms with van der Waals surface area (Å²) >= 11 is 0. The zero-order chi connectivity index (χ0) is 28.4. The van der Waals surface area contributed by atoms with Crippen molar-refractivity contribution in [2.75, 3.05) is 34.7 Å². The Morgan fingerprint density at radius 1 is 1.11 bits per heavy atom. The first kappa shape index (κ1) is 27.3. The van der Waals surface area contributed by atoms with Crippen molar-refractivity contribution in [1.29, 1.82) is 0 Å². The van der Waals surface area contributed by atoms with Gasteiger partial charge in [-0.3, -0.25) is 29.0 Å². The molecule has 6 atom stereocenters. The third-order valence-electron chi connectivity index (χ3n) is 7.68. The average molecular weight is 530 g/mol. The van der Waals surface area contributed by atoms with Gasteiger partial charge in [0.05, 0.1) is 24.1 Å². The van der Waals surface area contributed by atoms with Crippen molar-refractivity contribution in [2.45, 2.75) is 30.6 Å². The van der Waals surface area contributed by atoms with Crippen molar-refractivity contribution in [2.24, 2.45) is 17.6 Å². The van der Waals surface area contributed by atoms with Crippen LogP contribution >= 0.6 is 0 Å². The molecule has 0 aromatic heterocycles. The van der Waals surface area contributed by atoms with E-state index in [2.05, 4.69) is 0 Å². The Kier molecular flexibility index (Phi) is 6.63. The molecule has 0 radical (unpaired) electrons. The number of rotatable bonds is 5. The molecule has 6 unspecified atom stereocenters. The topological polar surface area (TPSA) is 191 Å². The zero-order valence-electron chi connectivity index (χ0n) is 21.6. The van der Waals surface area contributed by atoms with E-state index in [0.717, 1.165) is 0 Å². The van der Waals surface area contributed by atoms with E-state index in [4.69, 9.17) is 10.5 Å². The normalized spacial score (nSPS) is 30.8. The van der Waals surface area contributed by atoms with E-state index in [-0.39, 0.29) is 17.9 Å². The first-order chi connectivity index (χ1) is 17.7. The Hall–Kier alpha value is -3.74. The Balaban J connectivity index is 2.08. The number of ketones is 2. The molecule has 1 aromatic carbocycles. The van der Waals surface area contributed by atoms with Gasteiger partial charge >= 0.3 is 5.97 Å². The highest BCUT2D eigenvalue weighted by Gasteiger charge is 2.69. The number of benzene rings is 1. The van der Waals surface area contributed by atoms with Gasteiger partial charge in [0.2, 0.25) is 5.78 Å². The van der Waals surface area contributed by atoms with Crippen LogP contribution in [0.1, 0.15) is 24.0 Å². The molecule has 38 heavy (non-hydrogen) atoms. The van der Waals surface area contributed by atoms with Crippen LogP contribution in [0.3, 0.4) is 0 Å². The molecular weight excluding hydrogens is 498 g/mol. The number of amides is 1. The van der Waals surface area contributed by atoms with Crippen LogP contribution in [0.4, 0.5) is 0 Å². The number of primary amides is 1. The van der Waals surface area contributed by atoms with Gasteiger partial charge in [0.1, 0.15) is 28.9 Å². The third-order valence-corrected chi connectivity index (χ3v) is 7.68. The molecule has 12 nitrogen and oxygen atoms in total. The standard InChI is InChI=1S/C26H31N3O9/c1-10-11-7-6-8-12(30)15(11)20(32)16-14(10)22(38-13(31)9-28(2)3)18-19(29(4)5)21(33)17(25(27)36)24(35)26(18,37)23(16)34/h6-8,10,14,18-19,22,30,32,35,37H,9H2,1-5H3,(H2,27,36). The summed E-state index contributed by atoms with van der Waals surface area (Å²) in [6.45, 7) is 1.51. The quantitative estimate of drug-likeness (QED) is 0.246. The van der Waals surface area contributed by atoms with Crippen LogP contribution in [0.2, 0.25) is 0 Å². The molecule has 204 valence electrons. The first-order valence-corrected chi connectivity index (χ1v) is 12.0. The van der Waals surface area contributed by atoms with Gasteiger partial charge in [0, 0.05) is 11.5 Å². The van der Waals surface area contributed by atoms with E-state index in [1.54, 1.807) is 33.2 Å². The Labute approximate surface area is 218 Å². The van der Waals surface area contributed by atoms with Gasteiger partial charge in [0.15, 0.2) is 11.4 Å². The molecule has 4 rings (SSSR count). The average Bonchev–Trinajstić information content (AvgIpc) is 2.80. The second kappa shape index (κ2) is 9.22. The molecule has 1 aromatic rings. The van der Waals surface area contributed by atoms with Gasteiger partial charge in [0.25, 0.3) is 5.91 Å². The number of nitrogens with zero attached hydrogens (tertiary/aromatic N) is 2. The lowest BCUT2D eigenvalue weighted by molar-refractivity contribution is -0.185. The molecule has 1 fully saturated rings.